The van der Waals surface area contributed by atoms with Crippen LogP contribution in [0.5, 0.6) is 0 Å². The van der Waals surface area contributed by atoms with E-state index in [1.165, 1.54) is 11.3 Å². The monoisotopic (exact) mass is 217 g/mol. The molecular formula is C14H19NO. The van der Waals surface area contributed by atoms with Crippen molar-refractivity contribution in [3.05, 3.63) is 29.6 Å². The number of carbonyl (C=O) groups is 1. The number of fused-ring (bicyclic) bond motifs is 1. The van der Waals surface area contributed by atoms with Gasteiger partial charge < -0.3 is 0 Å². The molecule has 0 aliphatic heterocycles. The summed E-state index contributed by atoms with van der Waals surface area (Å²) in [5, 5.41) is 0. The molecule has 1 aliphatic carbocycles. The van der Waals surface area contributed by atoms with E-state index in [0.717, 1.165) is 19.3 Å². The maximum Gasteiger partial charge on any atom is 0.135 e. The van der Waals surface area contributed by atoms with Gasteiger partial charge in [0.05, 0.1) is 0 Å². The third kappa shape index (κ3) is 2.31. The quantitative estimate of drug-likeness (QED) is 0.775. The lowest BCUT2D eigenvalue weighted by Gasteiger charge is -2.10. The number of nitrogens with zero attached hydrogens (tertiary/aromatic N) is 1. The van der Waals surface area contributed by atoms with Crippen molar-refractivity contribution >= 4 is 5.78 Å². The Labute approximate surface area is 97.1 Å². The normalized spacial score (nSPS) is 18.8. The summed E-state index contributed by atoms with van der Waals surface area (Å²) in [5.74, 6) is 1.06. The molecule has 0 bridgehead atoms. The molecule has 1 unspecified atom stereocenters. The van der Waals surface area contributed by atoms with Crippen LogP contribution < -0.4 is 0 Å². The summed E-state index contributed by atoms with van der Waals surface area (Å²) in [7, 11) is 0. The molecule has 1 aliphatic rings. The van der Waals surface area contributed by atoms with Gasteiger partial charge >= 0.3 is 0 Å². The Bertz CT molecular complexity index is 384. The predicted molar refractivity (Wildman–Crippen MR) is 64.4 cm³/mol. The lowest BCUT2D eigenvalue weighted by atomic mass is 9.95. The molecule has 0 aromatic carbocycles. The molecule has 0 amide bonds. The summed E-state index contributed by atoms with van der Waals surface area (Å²) in [4.78, 5) is 16.0. The van der Waals surface area contributed by atoms with Gasteiger partial charge in [0.2, 0.25) is 0 Å². The van der Waals surface area contributed by atoms with Gasteiger partial charge in [0.25, 0.3) is 0 Å². The summed E-state index contributed by atoms with van der Waals surface area (Å²) in [6.45, 7) is 3.95. The minimum atomic E-state index is 0.171. The van der Waals surface area contributed by atoms with Crippen LogP contribution in [0.3, 0.4) is 0 Å². The lowest BCUT2D eigenvalue weighted by molar-refractivity contribution is -0.122. The first-order chi connectivity index (χ1) is 7.68. The van der Waals surface area contributed by atoms with Crippen LogP contribution in [-0.4, -0.2) is 10.8 Å². The molecule has 86 valence electrons. The molecule has 2 rings (SSSR count). The van der Waals surface area contributed by atoms with Crippen LogP contribution in [0, 0.1) is 5.92 Å². The van der Waals surface area contributed by atoms with Crippen molar-refractivity contribution in [3.8, 4) is 0 Å². The van der Waals surface area contributed by atoms with Crippen LogP contribution in [-0.2, 0) is 11.2 Å². The van der Waals surface area contributed by atoms with Crippen molar-refractivity contribution in [2.24, 2.45) is 5.92 Å². The molecule has 2 nitrogen and oxygen atoms in total. The fourth-order valence-electron chi connectivity index (χ4n) is 2.38. The van der Waals surface area contributed by atoms with Gasteiger partial charge in [0.15, 0.2) is 0 Å². The van der Waals surface area contributed by atoms with Crippen LogP contribution >= 0.6 is 0 Å². The average Bonchev–Trinajstić information content (AvgIpc) is 2.69. The van der Waals surface area contributed by atoms with E-state index >= 15 is 0 Å². The Balaban J connectivity index is 1.96. The molecule has 0 spiro atoms. The summed E-state index contributed by atoms with van der Waals surface area (Å²) in [6, 6.07) is 4.16. The van der Waals surface area contributed by atoms with Gasteiger partial charge in [0, 0.05) is 30.1 Å². The minimum absolute atomic E-state index is 0.171. The summed E-state index contributed by atoms with van der Waals surface area (Å²) < 4.78 is 0. The van der Waals surface area contributed by atoms with Crippen LogP contribution in [0.2, 0.25) is 0 Å². The lowest BCUT2D eigenvalue weighted by Crippen LogP contribution is -2.08. The van der Waals surface area contributed by atoms with E-state index in [0.29, 0.717) is 18.1 Å². The van der Waals surface area contributed by atoms with Gasteiger partial charge in [0.1, 0.15) is 5.78 Å². The number of hydrogen-bond acceptors (Lipinski definition) is 2. The number of rotatable bonds is 4. The predicted octanol–water partition coefficient (Wildman–Crippen LogP) is 3.12. The molecule has 1 aromatic heterocycles. The van der Waals surface area contributed by atoms with E-state index in [1.54, 1.807) is 0 Å². The Kier molecular flexibility index (Phi) is 3.37. The highest BCUT2D eigenvalue weighted by Crippen LogP contribution is 2.34. The molecule has 0 saturated carbocycles. The van der Waals surface area contributed by atoms with E-state index in [1.807, 2.05) is 26.1 Å². The Morgan fingerprint density at radius 3 is 3.12 bits per heavy atom. The van der Waals surface area contributed by atoms with Crippen LogP contribution in [0.15, 0.2) is 18.3 Å². The maximum absolute atomic E-state index is 11.6. The van der Waals surface area contributed by atoms with Crippen molar-refractivity contribution in [2.45, 2.75) is 45.4 Å². The molecule has 0 N–H and O–H groups in total. The standard InChI is InChI=1S/C14H19NO/c1-10(2)13(16)8-7-12-6-5-11-4-3-9-15-14(11)12/h3-4,9-10,12H,5-8H2,1-2H3. The van der Waals surface area contributed by atoms with Gasteiger partial charge in [-0.15, -0.1) is 0 Å². The van der Waals surface area contributed by atoms with Crippen molar-refractivity contribution in [2.75, 3.05) is 0 Å². The van der Waals surface area contributed by atoms with Crippen LogP contribution in [0.1, 0.15) is 50.3 Å². The third-order valence-corrected chi connectivity index (χ3v) is 3.46. The molecule has 0 fully saturated rings. The van der Waals surface area contributed by atoms with Gasteiger partial charge in [-0.05, 0) is 30.9 Å². The molecule has 16 heavy (non-hydrogen) atoms. The first-order valence-electron chi connectivity index (χ1n) is 6.15. The van der Waals surface area contributed by atoms with Crippen molar-refractivity contribution in [3.63, 3.8) is 0 Å². The highest BCUT2D eigenvalue weighted by atomic mass is 16.1. The Morgan fingerprint density at radius 1 is 1.56 bits per heavy atom. The fourth-order valence-corrected chi connectivity index (χ4v) is 2.38. The van der Waals surface area contributed by atoms with Gasteiger partial charge in [-0.3, -0.25) is 9.78 Å². The number of pyridine rings is 1. The summed E-state index contributed by atoms with van der Waals surface area (Å²) in [6.07, 6.45) is 5.84. The van der Waals surface area contributed by atoms with Crippen LogP contribution in [0.4, 0.5) is 0 Å². The smallest absolute Gasteiger partial charge is 0.135 e. The van der Waals surface area contributed by atoms with Gasteiger partial charge in [-0.25, -0.2) is 0 Å². The summed E-state index contributed by atoms with van der Waals surface area (Å²) >= 11 is 0. The van der Waals surface area contributed by atoms with Crippen molar-refractivity contribution in [1.82, 2.24) is 4.98 Å². The first kappa shape index (κ1) is 11.3. The molecular weight excluding hydrogens is 198 g/mol. The molecule has 0 saturated heterocycles. The minimum Gasteiger partial charge on any atom is -0.299 e. The topological polar surface area (TPSA) is 30.0 Å². The zero-order valence-corrected chi connectivity index (χ0v) is 10.1. The molecule has 1 atom stereocenters. The Morgan fingerprint density at radius 2 is 2.38 bits per heavy atom. The van der Waals surface area contributed by atoms with E-state index in [9.17, 15) is 4.79 Å². The zero-order valence-electron chi connectivity index (χ0n) is 10.1. The number of Topliss-reactive ketones (excluding diaryl/α,β-unsaturated/α-hetero) is 1. The highest BCUT2D eigenvalue weighted by Gasteiger charge is 2.24. The second-order valence-corrected chi connectivity index (χ2v) is 4.94. The van der Waals surface area contributed by atoms with Gasteiger partial charge in [-0.2, -0.15) is 0 Å². The number of hydrogen-bond donors (Lipinski definition) is 0. The van der Waals surface area contributed by atoms with Crippen LogP contribution in [0.25, 0.3) is 0 Å². The zero-order chi connectivity index (χ0) is 11.5. The average molecular weight is 217 g/mol. The van der Waals surface area contributed by atoms with E-state index in [4.69, 9.17) is 0 Å². The number of carbonyl (C=O) groups excluding carboxylic acids is 1. The largest absolute Gasteiger partial charge is 0.299 e. The highest BCUT2D eigenvalue weighted by molar-refractivity contribution is 5.80. The fraction of sp³-hybridized carbons (Fsp3) is 0.571. The Hall–Kier alpha value is -1.18. The first-order valence-corrected chi connectivity index (χ1v) is 6.15. The van der Waals surface area contributed by atoms with E-state index in [-0.39, 0.29) is 5.92 Å². The number of aromatic nitrogens is 1. The number of aryl methyl sites for hydroxylation is 1. The molecule has 2 heteroatoms. The SMILES string of the molecule is CC(C)C(=O)CCC1CCc2cccnc21. The third-order valence-electron chi connectivity index (χ3n) is 3.46. The van der Waals surface area contributed by atoms with Crippen molar-refractivity contribution in [1.29, 1.82) is 0 Å². The molecule has 1 heterocycles. The summed E-state index contributed by atoms with van der Waals surface area (Å²) in [5.41, 5.74) is 2.61. The maximum atomic E-state index is 11.6. The van der Waals surface area contributed by atoms with E-state index < -0.39 is 0 Å². The van der Waals surface area contributed by atoms with Crippen molar-refractivity contribution < 1.29 is 4.79 Å². The number of ketones is 1. The second kappa shape index (κ2) is 4.77. The molecule has 0 radical (unpaired) electrons. The molecule has 1 aromatic rings. The van der Waals surface area contributed by atoms with Gasteiger partial charge in [-0.1, -0.05) is 19.9 Å². The second-order valence-electron chi connectivity index (χ2n) is 4.94. The van der Waals surface area contributed by atoms with E-state index in [2.05, 4.69) is 11.1 Å².